The molecule has 3 rings (SSSR count). The minimum absolute atomic E-state index is 0.156. The van der Waals surface area contributed by atoms with E-state index in [9.17, 15) is 18.0 Å². The number of benzene rings is 3. The van der Waals surface area contributed by atoms with Crippen LogP contribution in [0.4, 0.5) is 5.69 Å². The largest absolute Gasteiger partial charge is 0.354 e. The molecule has 0 aliphatic heterocycles. The predicted molar refractivity (Wildman–Crippen MR) is 160 cm³/mol. The molecule has 0 aliphatic rings. The molecule has 1 atom stereocenters. The molecular weight excluding hydrogens is 578 g/mol. The molecule has 0 radical (unpaired) electrons. The Labute approximate surface area is 240 Å². The number of hydrogen-bond donors (Lipinski definition) is 1. The fourth-order valence-electron chi connectivity index (χ4n) is 4.15. The van der Waals surface area contributed by atoms with Crippen molar-refractivity contribution in [2.24, 2.45) is 5.92 Å². The third-order valence-corrected chi connectivity index (χ3v) is 8.29. The van der Waals surface area contributed by atoms with Crippen molar-refractivity contribution in [3.63, 3.8) is 0 Å². The molecule has 0 unspecified atom stereocenters. The van der Waals surface area contributed by atoms with Gasteiger partial charge in [0.25, 0.3) is 0 Å². The van der Waals surface area contributed by atoms with Crippen LogP contribution in [-0.4, -0.2) is 50.5 Å². The summed E-state index contributed by atoms with van der Waals surface area (Å²) in [6, 6.07) is 23.2. The average molecular weight is 615 g/mol. The van der Waals surface area contributed by atoms with Crippen LogP contribution in [0.25, 0.3) is 0 Å². The van der Waals surface area contributed by atoms with Crippen molar-refractivity contribution in [1.29, 1.82) is 0 Å². The van der Waals surface area contributed by atoms with E-state index in [0.29, 0.717) is 18.7 Å². The van der Waals surface area contributed by atoms with Crippen LogP contribution in [0.2, 0.25) is 0 Å². The highest BCUT2D eigenvalue weighted by molar-refractivity contribution is 9.10. The summed E-state index contributed by atoms with van der Waals surface area (Å²) in [4.78, 5) is 29.1. The SMILES string of the molecule is Cc1cc(N(CC(=O)N(Cc2ccccc2)[C@@H](Cc2ccccc2)C(=O)NCC(C)C)S(C)(=O)=O)ccc1Br. The first-order valence-corrected chi connectivity index (χ1v) is 15.5. The molecule has 0 bridgehead atoms. The van der Waals surface area contributed by atoms with Gasteiger partial charge in [-0.1, -0.05) is 90.4 Å². The second-order valence-corrected chi connectivity index (χ2v) is 12.8. The molecule has 0 spiro atoms. The summed E-state index contributed by atoms with van der Waals surface area (Å²) in [5.41, 5.74) is 2.96. The Bertz CT molecular complexity index is 1370. The van der Waals surface area contributed by atoms with Gasteiger partial charge in [0.05, 0.1) is 11.9 Å². The van der Waals surface area contributed by atoms with Gasteiger partial charge >= 0.3 is 0 Å². The molecular formula is C30H36BrN3O4S. The first-order chi connectivity index (χ1) is 18.5. The van der Waals surface area contributed by atoms with Gasteiger partial charge in [0, 0.05) is 24.0 Å². The number of halogens is 1. The van der Waals surface area contributed by atoms with Gasteiger partial charge in [-0.25, -0.2) is 8.42 Å². The number of anilines is 1. The van der Waals surface area contributed by atoms with E-state index in [4.69, 9.17) is 0 Å². The smallest absolute Gasteiger partial charge is 0.244 e. The Kier molecular flexibility index (Phi) is 10.7. The van der Waals surface area contributed by atoms with Crippen molar-refractivity contribution in [3.05, 3.63) is 100 Å². The number of carbonyl (C=O) groups is 2. The molecule has 1 N–H and O–H groups in total. The van der Waals surface area contributed by atoms with E-state index in [1.807, 2.05) is 81.4 Å². The highest BCUT2D eigenvalue weighted by atomic mass is 79.9. The van der Waals surface area contributed by atoms with Crippen LogP contribution >= 0.6 is 15.9 Å². The fourth-order valence-corrected chi connectivity index (χ4v) is 5.24. The van der Waals surface area contributed by atoms with Crippen LogP contribution in [-0.2, 0) is 32.6 Å². The van der Waals surface area contributed by atoms with Crippen molar-refractivity contribution in [2.75, 3.05) is 23.7 Å². The summed E-state index contributed by atoms with van der Waals surface area (Å²) in [6.07, 6.45) is 1.37. The Morgan fingerprint density at radius 3 is 2.05 bits per heavy atom. The third kappa shape index (κ3) is 8.93. The quantitative estimate of drug-likeness (QED) is 0.314. The molecule has 2 amide bonds. The molecule has 0 aromatic heterocycles. The minimum Gasteiger partial charge on any atom is -0.354 e. The number of aryl methyl sites for hydroxylation is 1. The van der Waals surface area contributed by atoms with Crippen LogP contribution in [0.1, 0.15) is 30.5 Å². The number of hydrogen-bond acceptors (Lipinski definition) is 4. The maximum absolute atomic E-state index is 14.0. The first kappa shape index (κ1) is 30.4. The Morgan fingerprint density at radius 1 is 0.923 bits per heavy atom. The molecule has 0 saturated heterocycles. The maximum atomic E-state index is 14.0. The summed E-state index contributed by atoms with van der Waals surface area (Å²) in [5.74, 6) is -0.515. The Balaban J connectivity index is 2.03. The fraction of sp³-hybridized carbons (Fsp3) is 0.333. The maximum Gasteiger partial charge on any atom is 0.244 e. The van der Waals surface area contributed by atoms with Crippen LogP contribution < -0.4 is 9.62 Å². The van der Waals surface area contributed by atoms with Gasteiger partial charge in [0.1, 0.15) is 12.6 Å². The van der Waals surface area contributed by atoms with Gasteiger partial charge in [0.15, 0.2) is 0 Å². The number of rotatable bonds is 12. The minimum atomic E-state index is -3.81. The number of sulfonamides is 1. The molecule has 7 nitrogen and oxygen atoms in total. The Hall–Kier alpha value is -3.17. The molecule has 0 saturated carbocycles. The monoisotopic (exact) mass is 613 g/mol. The van der Waals surface area contributed by atoms with Crippen LogP contribution in [0, 0.1) is 12.8 Å². The van der Waals surface area contributed by atoms with Crippen LogP contribution in [0.5, 0.6) is 0 Å². The normalized spacial score (nSPS) is 12.2. The van der Waals surface area contributed by atoms with Gasteiger partial charge in [-0.3, -0.25) is 13.9 Å². The zero-order valence-electron chi connectivity index (χ0n) is 22.8. The van der Waals surface area contributed by atoms with Crippen LogP contribution in [0.15, 0.2) is 83.3 Å². The van der Waals surface area contributed by atoms with Gasteiger partial charge in [-0.05, 0) is 47.7 Å². The van der Waals surface area contributed by atoms with E-state index in [1.165, 1.54) is 4.90 Å². The predicted octanol–water partition coefficient (Wildman–Crippen LogP) is 4.94. The number of nitrogens with one attached hydrogen (secondary N) is 1. The second-order valence-electron chi connectivity index (χ2n) is 10.1. The van der Waals surface area contributed by atoms with Crippen molar-refractivity contribution in [1.82, 2.24) is 10.2 Å². The first-order valence-electron chi connectivity index (χ1n) is 12.8. The number of carbonyl (C=O) groups excluding carboxylic acids is 2. The van der Waals surface area contributed by atoms with E-state index < -0.39 is 28.5 Å². The Morgan fingerprint density at radius 2 is 1.51 bits per heavy atom. The molecule has 0 heterocycles. The molecule has 3 aromatic carbocycles. The zero-order valence-corrected chi connectivity index (χ0v) is 25.2. The molecule has 9 heteroatoms. The number of nitrogens with zero attached hydrogens (tertiary/aromatic N) is 2. The van der Waals surface area contributed by atoms with E-state index in [1.54, 1.807) is 18.2 Å². The second kappa shape index (κ2) is 13.8. The lowest BCUT2D eigenvalue weighted by atomic mass is 10.0. The highest BCUT2D eigenvalue weighted by Crippen LogP contribution is 2.25. The lowest BCUT2D eigenvalue weighted by Gasteiger charge is -2.33. The average Bonchev–Trinajstić information content (AvgIpc) is 2.90. The number of amides is 2. The van der Waals surface area contributed by atoms with Gasteiger partial charge in [-0.2, -0.15) is 0 Å². The highest BCUT2D eigenvalue weighted by Gasteiger charge is 2.33. The molecule has 0 fully saturated rings. The summed E-state index contributed by atoms with van der Waals surface area (Å²) < 4.78 is 27.7. The summed E-state index contributed by atoms with van der Waals surface area (Å²) >= 11 is 3.44. The van der Waals surface area contributed by atoms with Crippen molar-refractivity contribution < 1.29 is 18.0 Å². The van der Waals surface area contributed by atoms with E-state index in [-0.39, 0.29) is 18.4 Å². The van der Waals surface area contributed by atoms with E-state index >= 15 is 0 Å². The van der Waals surface area contributed by atoms with E-state index in [0.717, 1.165) is 31.7 Å². The lowest BCUT2D eigenvalue weighted by molar-refractivity contribution is -0.140. The van der Waals surface area contributed by atoms with Crippen molar-refractivity contribution >= 4 is 43.5 Å². The third-order valence-electron chi connectivity index (χ3n) is 6.26. The summed E-state index contributed by atoms with van der Waals surface area (Å²) in [7, 11) is -3.81. The van der Waals surface area contributed by atoms with E-state index in [2.05, 4.69) is 21.2 Å². The zero-order chi connectivity index (χ0) is 28.6. The van der Waals surface area contributed by atoms with Crippen molar-refractivity contribution in [3.8, 4) is 0 Å². The molecule has 39 heavy (non-hydrogen) atoms. The molecule has 208 valence electrons. The van der Waals surface area contributed by atoms with Gasteiger partial charge in [0.2, 0.25) is 21.8 Å². The van der Waals surface area contributed by atoms with Gasteiger partial charge < -0.3 is 10.2 Å². The summed E-state index contributed by atoms with van der Waals surface area (Å²) in [5, 5.41) is 2.98. The molecule has 0 aliphatic carbocycles. The van der Waals surface area contributed by atoms with Gasteiger partial charge in [-0.15, -0.1) is 0 Å². The lowest BCUT2D eigenvalue weighted by Crippen LogP contribution is -2.53. The topological polar surface area (TPSA) is 86.8 Å². The standard InChI is InChI=1S/C30H36BrN3O4S/c1-22(2)19-32-30(36)28(18-24-11-7-5-8-12-24)33(20-25-13-9-6-10-14-25)29(35)21-34(39(4,37)38)26-15-16-27(31)23(3)17-26/h5-17,22,28H,18-21H2,1-4H3,(H,32,36)/t28-/m0/s1. The van der Waals surface area contributed by atoms with Crippen molar-refractivity contribution in [2.45, 2.75) is 39.8 Å². The van der Waals surface area contributed by atoms with Crippen LogP contribution in [0.3, 0.4) is 0 Å². The molecule has 3 aromatic rings. The summed E-state index contributed by atoms with van der Waals surface area (Å²) in [6.45, 7) is 6.05.